The van der Waals surface area contributed by atoms with Crippen molar-refractivity contribution >= 4 is 16.9 Å². The molecule has 1 aromatic carbocycles. The summed E-state index contributed by atoms with van der Waals surface area (Å²) in [5.74, 6) is 0.166. The fourth-order valence-corrected chi connectivity index (χ4v) is 1.08. The van der Waals surface area contributed by atoms with Crippen LogP contribution in [0.2, 0.25) is 0 Å². The quantitative estimate of drug-likeness (QED) is 0.492. The van der Waals surface area contributed by atoms with E-state index in [1.165, 1.54) is 13.2 Å². The summed E-state index contributed by atoms with van der Waals surface area (Å²) in [5.41, 5.74) is 0.746. The topological polar surface area (TPSA) is 52.3 Å². The zero-order valence-corrected chi connectivity index (χ0v) is 6.98. The molecule has 0 aliphatic heterocycles. The summed E-state index contributed by atoms with van der Waals surface area (Å²) in [6.45, 7) is 1.36. The average molecular weight is 177 g/mol. The molecule has 0 N–H and O–H groups in total. The van der Waals surface area contributed by atoms with Gasteiger partial charge in [0.25, 0.3) is 0 Å². The number of esters is 1. The zero-order chi connectivity index (χ0) is 9.26. The van der Waals surface area contributed by atoms with Crippen LogP contribution in [0.5, 0.6) is 5.75 Å². The second kappa shape index (κ2) is 2.90. The lowest BCUT2D eigenvalue weighted by Crippen LogP contribution is -2.00. The number of nitrogens with zero attached hydrogens (tertiary/aromatic N) is 1. The Labute approximate surface area is 74.1 Å². The normalized spacial score (nSPS) is 10.2. The first kappa shape index (κ1) is 7.79. The van der Waals surface area contributed by atoms with Crippen LogP contribution in [-0.2, 0) is 4.79 Å². The summed E-state index contributed by atoms with van der Waals surface area (Å²) in [6, 6.07) is 5.11. The van der Waals surface area contributed by atoms with E-state index in [9.17, 15) is 4.79 Å². The Balaban J connectivity index is 2.42. The smallest absolute Gasteiger partial charge is 0.308 e. The second-order valence-corrected chi connectivity index (χ2v) is 2.63. The minimum atomic E-state index is -0.337. The van der Waals surface area contributed by atoms with Crippen molar-refractivity contribution in [3.63, 3.8) is 0 Å². The lowest BCUT2D eigenvalue weighted by Gasteiger charge is -1.98. The molecule has 2 aromatic rings. The first-order chi connectivity index (χ1) is 6.25. The first-order valence-electron chi connectivity index (χ1n) is 3.78. The fourth-order valence-electron chi connectivity index (χ4n) is 1.08. The van der Waals surface area contributed by atoms with Crippen LogP contribution in [0.1, 0.15) is 6.92 Å². The first-order valence-corrected chi connectivity index (χ1v) is 3.78. The van der Waals surface area contributed by atoms with E-state index in [0.29, 0.717) is 5.75 Å². The number of benzene rings is 1. The molecule has 0 spiro atoms. The summed E-state index contributed by atoms with van der Waals surface area (Å²) < 4.78 is 9.62. The lowest BCUT2D eigenvalue weighted by molar-refractivity contribution is -0.131. The maximum absolute atomic E-state index is 10.6. The van der Waals surface area contributed by atoms with Crippen LogP contribution in [0.25, 0.3) is 10.9 Å². The van der Waals surface area contributed by atoms with Gasteiger partial charge in [0, 0.05) is 12.3 Å². The van der Waals surface area contributed by atoms with Crippen molar-refractivity contribution in [2.24, 2.45) is 0 Å². The van der Waals surface area contributed by atoms with E-state index in [0.717, 1.165) is 10.9 Å². The molecule has 0 atom stereocenters. The van der Waals surface area contributed by atoms with Gasteiger partial charge in [-0.15, -0.1) is 0 Å². The highest BCUT2D eigenvalue weighted by Crippen LogP contribution is 2.19. The van der Waals surface area contributed by atoms with Gasteiger partial charge in [0.2, 0.25) is 0 Å². The van der Waals surface area contributed by atoms with Gasteiger partial charge in [-0.3, -0.25) is 4.79 Å². The maximum atomic E-state index is 10.6. The van der Waals surface area contributed by atoms with Crippen LogP contribution in [0.4, 0.5) is 0 Å². The van der Waals surface area contributed by atoms with E-state index in [4.69, 9.17) is 9.26 Å². The van der Waals surface area contributed by atoms with Gasteiger partial charge in [0.1, 0.15) is 17.5 Å². The van der Waals surface area contributed by atoms with Gasteiger partial charge in [0.15, 0.2) is 0 Å². The summed E-state index contributed by atoms with van der Waals surface area (Å²) >= 11 is 0. The lowest BCUT2D eigenvalue weighted by atomic mass is 10.2. The maximum Gasteiger partial charge on any atom is 0.308 e. The zero-order valence-electron chi connectivity index (χ0n) is 6.98. The Morgan fingerprint density at radius 3 is 3.15 bits per heavy atom. The van der Waals surface area contributed by atoms with Gasteiger partial charge in [0.05, 0.1) is 0 Å². The van der Waals surface area contributed by atoms with E-state index in [-0.39, 0.29) is 5.97 Å². The molecule has 0 unspecified atom stereocenters. The van der Waals surface area contributed by atoms with Crippen molar-refractivity contribution in [3.05, 3.63) is 24.5 Å². The molecule has 4 nitrogen and oxygen atoms in total. The predicted molar refractivity (Wildman–Crippen MR) is 45.3 cm³/mol. The Morgan fingerprint density at radius 2 is 2.38 bits per heavy atom. The van der Waals surface area contributed by atoms with Gasteiger partial charge in [-0.05, 0) is 18.2 Å². The minimum absolute atomic E-state index is 0.337. The molecular weight excluding hydrogens is 170 g/mol. The standard InChI is InChI=1S/C9H7NO3/c1-6(11)13-8-2-3-9-7(4-8)5-12-10-9/h2-5H,1H3. The van der Waals surface area contributed by atoms with Crippen LogP contribution < -0.4 is 4.74 Å². The molecule has 0 aliphatic carbocycles. The highest BCUT2D eigenvalue weighted by atomic mass is 16.5. The third-order valence-corrected chi connectivity index (χ3v) is 1.59. The summed E-state index contributed by atoms with van der Waals surface area (Å²) in [6.07, 6.45) is 1.50. The van der Waals surface area contributed by atoms with Crippen LogP contribution in [-0.4, -0.2) is 11.1 Å². The van der Waals surface area contributed by atoms with Crippen molar-refractivity contribution in [1.82, 2.24) is 5.16 Å². The van der Waals surface area contributed by atoms with Gasteiger partial charge in [-0.1, -0.05) is 5.16 Å². The second-order valence-electron chi connectivity index (χ2n) is 2.63. The molecule has 0 radical (unpaired) electrons. The molecule has 1 aromatic heterocycles. The van der Waals surface area contributed by atoms with E-state index in [1.807, 2.05) is 0 Å². The van der Waals surface area contributed by atoms with Crippen LogP contribution in [0.15, 0.2) is 29.0 Å². The molecule has 4 heteroatoms. The van der Waals surface area contributed by atoms with Gasteiger partial charge < -0.3 is 9.26 Å². The van der Waals surface area contributed by atoms with Crippen molar-refractivity contribution in [2.75, 3.05) is 0 Å². The third-order valence-electron chi connectivity index (χ3n) is 1.59. The van der Waals surface area contributed by atoms with E-state index >= 15 is 0 Å². The number of aromatic nitrogens is 1. The molecule has 0 saturated carbocycles. The van der Waals surface area contributed by atoms with Crippen LogP contribution in [0, 0.1) is 0 Å². The molecule has 0 fully saturated rings. The summed E-state index contributed by atoms with van der Waals surface area (Å²) in [5, 5.41) is 4.54. The van der Waals surface area contributed by atoms with Crippen molar-refractivity contribution in [3.8, 4) is 5.75 Å². The van der Waals surface area contributed by atoms with E-state index in [2.05, 4.69) is 5.16 Å². The Hall–Kier alpha value is -1.84. The Bertz CT molecular complexity index is 447. The molecule has 0 aliphatic rings. The molecule has 13 heavy (non-hydrogen) atoms. The predicted octanol–water partition coefficient (Wildman–Crippen LogP) is 1.75. The number of rotatable bonds is 1. The Morgan fingerprint density at radius 1 is 1.54 bits per heavy atom. The largest absolute Gasteiger partial charge is 0.427 e. The summed E-state index contributed by atoms with van der Waals surface area (Å²) in [7, 11) is 0. The van der Waals surface area contributed by atoms with Gasteiger partial charge in [-0.25, -0.2) is 0 Å². The molecule has 2 rings (SSSR count). The van der Waals surface area contributed by atoms with E-state index in [1.54, 1.807) is 18.2 Å². The van der Waals surface area contributed by atoms with Crippen molar-refractivity contribution in [1.29, 1.82) is 0 Å². The molecule has 0 amide bonds. The number of hydrogen-bond acceptors (Lipinski definition) is 4. The highest BCUT2D eigenvalue weighted by molar-refractivity contribution is 5.80. The number of ether oxygens (including phenoxy) is 1. The molecule has 0 saturated heterocycles. The number of carbonyl (C=O) groups excluding carboxylic acids is 1. The SMILES string of the molecule is CC(=O)Oc1ccc2nocc2c1. The van der Waals surface area contributed by atoms with Gasteiger partial charge >= 0.3 is 5.97 Å². The number of fused-ring (bicyclic) bond motifs is 1. The summed E-state index contributed by atoms with van der Waals surface area (Å²) in [4.78, 5) is 10.6. The van der Waals surface area contributed by atoms with Crippen molar-refractivity contribution in [2.45, 2.75) is 6.92 Å². The average Bonchev–Trinajstić information content (AvgIpc) is 2.49. The van der Waals surface area contributed by atoms with Crippen molar-refractivity contribution < 1.29 is 14.1 Å². The Kier molecular flexibility index (Phi) is 1.73. The fraction of sp³-hybridized carbons (Fsp3) is 0.111. The minimum Gasteiger partial charge on any atom is -0.427 e. The molecule has 1 heterocycles. The van der Waals surface area contributed by atoms with Gasteiger partial charge in [-0.2, -0.15) is 0 Å². The van der Waals surface area contributed by atoms with Crippen LogP contribution in [0.3, 0.4) is 0 Å². The molecular formula is C9H7NO3. The number of carbonyl (C=O) groups is 1. The number of hydrogen-bond donors (Lipinski definition) is 0. The molecule has 66 valence electrons. The third kappa shape index (κ3) is 1.51. The van der Waals surface area contributed by atoms with E-state index < -0.39 is 0 Å². The van der Waals surface area contributed by atoms with Crippen LogP contribution >= 0.6 is 0 Å². The highest BCUT2D eigenvalue weighted by Gasteiger charge is 2.01. The monoisotopic (exact) mass is 177 g/mol. The molecule has 0 bridgehead atoms.